The van der Waals surface area contributed by atoms with Gasteiger partial charge in [-0.25, -0.2) is 13.8 Å². The van der Waals surface area contributed by atoms with E-state index in [1.807, 2.05) is 11.5 Å². The maximum Gasteiger partial charge on any atom is 0.131 e. The highest BCUT2D eigenvalue weighted by atomic mass is 19.1. The van der Waals surface area contributed by atoms with Gasteiger partial charge < -0.3 is 10.3 Å². The average Bonchev–Trinajstić information content (AvgIpc) is 2.72. The van der Waals surface area contributed by atoms with Crippen LogP contribution in [-0.2, 0) is 13.0 Å². The lowest BCUT2D eigenvalue weighted by Crippen LogP contribution is -2.06. The van der Waals surface area contributed by atoms with Crippen LogP contribution in [-0.4, -0.2) is 9.55 Å². The molecule has 0 unspecified atom stereocenters. The molecule has 0 fully saturated rings. The Labute approximate surface area is 117 Å². The lowest BCUT2D eigenvalue weighted by atomic mass is 10.1. The molecule has 2 aromatic rings. The predicted octanol–water partition coefficient (Wildman–Crippen LogP) is 3.77. The largest absolute Gasteiger partial charge is 0.383 e. The molecule has 0 amide bonds. The zero-order chi connectivity index (χ0) is 14.7. The monoisotopic (exact) mass is 279 g/mol. The number of hydrogen-bond acceptors (Lipinski definition) is 2. The van der Waals surface area contributed by atoms with E-state index in [-0.39, 0.29) is 0 Å². The van der Waals surface area contributed by atoms with Gasteiger partial charge in [-0.2, -0.15) is 0 Å². The number of hydrogen-bond donors (Lipinski definition) is 1. The Morgan fingerprint density at radius 3 is 2.35 bits per heavy atom. The second-order valence-electron chi connectivity index (χ2n) is 4.78. The van der Waals surface area contributed by atoms with Crippen LogP contribution in [0.15, 0.2) is 18.2 Å². The quantitative estimate of drug-likeness (QED) is 0.905. The summed E-state index contributed by atoms with van der Waals surface area (Å²) in [6, 6.07) is 3.35. The minimum Gasteiger partial charge on any atom is -0.383 e. The van der Waals surface area contributed by atoms with Crippen LogP contribution in [0.2, 0.25) is 0 Å². The molecule has 0 bridgehead atoms. The van der Waals surface area contributed by atoms with E-state index >= 15 is 0 Å². The van der Waals surface area contributed by atoms with Gasteiger partial charge in [0, 0.05) is 24.6 Å². The number of nitrogens with zero attached hydrogens (tertiary/aromatic N) is 2. The van der Waals surface area contributed by atoms with Gasteiger partial charge in [-0.3, -0.25) is 0 Å². The molecule has 0 radical (unpaired) electrons. The van der Waals surface area contributed by atoms with Crippen LogP contribution >= 0.6 is 0 Å². The SMILES string of the molecule is CCCCn1c(CC)nc(-c2cc(F)cc(F)c2)c1N. The molecule has 0 atom stereocenters. The number of nitrogen functional groups attached to an aromatic ring is 1. The summed E-state index contributed by atoms with van der Waals surface area (Å²) in [5.41, 5.74) is 6.94. The van der Waals surface area contributed by atoms with E-state index in [4.69, 9.17) is 5.73 Å². The van der Waals surface area contributed by atoms with E-state index in [0.717, 1.165) is 37.7 Å². The molecule has 0 spiro atoms. The van der Waals surface area contributed by atoms with E-state index in [0.29, 0.717) is 17.1 Å². The maximum atomic E-state index is 13.3. The van der Waals surface area contributed by atoms with Gasteiger partial charge in [0.15, 0.2) is 0 Å². The Hall–Kier alpha value is -1.91. The summed E-state index contributed by atoms with van der Waals surface area (Å²) in [5.74, 6) is 0.0667. The van der Waals surface area contributed by atoms with Gasteiger partial charge in [0.1, 0.15) is 29.0 Å². The topological polar surface area (TPSA) is 43.8 Å². The third-order valence-corrected chi connectivity index (χ3v) is 3.27. The number of anilines is 1. The Morgan fingerprint density at radius 2 is 1.80 bits per heavy atom. The van der Waals surface area contributed by atoms with Crippen molar-refractivity contribution in [3.05, 3.63) is 35.7 Å². The summed E-state index contributed by atoms with van der Waals surface area (Å²) in [4.78, 5) is 4.44. The van der Waals surface area contributed by atoms with Crippen molar-refractivity contribution in [2.75, 3.05) is 5.73 Å². The fourth-order valence-electron chi connectivity index (χ4n) is 2.25. The number of unbranched alkanes of at least 4 members (excludes halogenated alkanes) is 1. The van der Waals surface area contributed by atoms with Crippen molar-refractivity contribution in [1.82, 2.24) is 9.55 Å². The molecule has 20 heavy (non-hydrogen) atoms. The molecule has 2 N–H and O–H groups in total. The smallest absolute Gasteiger partial charge is 0.131 e. The number of aryl methyl sites for hydroxylation is 1. The zero-order valence-electron chi connectivity index (χ0n) is 11.8. The van der Waals surface area contributed by atoms with Gasteiger partial charge in [-0.1, -0.05) is 20.3 Å². The van der Waals surface area contributed by atoms with Crippen molar-refractivity contribution >= 4 is 5.82 Å². The molecule has 5 heteroatoms. The molecule has 1 aromatic carbocycles. The maximum absolute atomic E-state index is 13.3. The fraction of sp³-hybridized carbons (Fsp3) is 0.400. The number of benzene rings is 1. The van der Waals surface area contributed by atoms with Gasteiger partial charge >= 0.3 is 0 Å². The molecule has 0 aliphatic carbocycles. The predicted molar refractivity (Wildman–Crippen MR) is 76.3 cm³/mol. The third-order valence-electron chi connectivity index (χ3n) is 3.27. The summed E-state index contributed by atoms with van der Waals surface area (Å²) in [6.45, 7) is 4.86. The van der Waals surface area contributed by atoms with Crippen LogP contribution in [0.5, 0.6) is 0 Å². The van der Waals surface area contributed by atoms with E-state index < -0.39 is 11.6 Å². The van der Waals surface area contributed by atoms with Gasteiger partial charge in [0.05, 0.1) is 0 Å². The summed E-state index contributed by atoms with van der Waals surface area (Å²) < 4.78 is 28.6. The normalized spacial score (nSPS) is 11.0. The number of imidazole rings is 1. The molecule has 3 nitrogen and oxygen atoms in total. The molecular weight excluding hydrogens is 260 g/mol. The highest BCUT2D eigenvalue weighted by Crippen LogP contribution is 2.28. The minimum atomic E-state index is -0.624. The van der Waals surface area contributed by atoms with Crippen LogP contribution in [0.4, 0.5) is 14.6 Å². The molecule has 0 saturated heterocycles. The third kappa shape index (κ3) is 2.81. The molecule has 1 aromatic heterocycles. The number of aromatic nitrogens is 2. The van der Waals surface area contributed by atoms with Crippen LogP contribution in [0.25, 0.3) is 11.3 Å². The summed E-state index contributed by atoms with van der Waals surface area (Å²) in [5, 5.41) is 0. The molecule has 0 aliphatic rings. The van der Waals surface area contributed by atoms with Gasteiger partial charge in [0.25, 0.3) is 0 Å². The molecule has 2 rings (SSSR count). The van der Waals surface area contributed by atoms with Crippen LogP contribution in [0.1, 0.15) is 32.5 Å². The van der Waals surface area contributed by atoms with Crippen molar-refractivity contribution in [2.45, 2.75) is 39.7 Å². The van der Waals surface area contributed by atoms with E-state index in [2.05, 4.69) is 11.9 Å². The fourth-order valence-corrected chi connectivity index (χ4v) is 2.25. The van der Waals surface area contributed by atoms with Gasteiger partial charge in [0.2, 0.25) is 0 Å². The lowest BCUT2D eigenvalue weighted by Gasteiger charge is -2.07. The standard InChI is InChI=1S/C15H19F2N3/c1-3-5-6-20-13(4-2)19-14(15(20)18)10-7-11(16)9-12(17)8-10/h7-9H,3-6,18H2,1-2H3. The van der Waals surface area contributed by atoms with Crippen LogP contribution in [0.3, 0.4) is 0 Å². The Balaban J connectivity index is 2.48. The first-order valence-corrected chi connectivity index (χ1v) is 6.88. The van der Waals surface area contributed by atoms with Crippen molar-refractivity contribution in [3.63, 3.8) is 0 Å². The van der Waals surface area contributed by atoms with Crippen molar-refractivity contribution in [1.29, 1.82) is 0 Å². The van der Waals surface area contributed by atoms with Crippen molar-refractivity contribution < 1.29 is 8.78 Å². The minimum absolute atomic E-state index is 0.380. The second kappa shape index (κ2) is 6.03. The van der Waals surface area contributed by atoms with Crippen LogP contribution < -0.4 is 5.73 Å². The number of halogens is 2. The number of rotatable bonds is 5. The van der Waals surface area contributed by atoms with E-state index in [9.17, 15) is 8.78 Å². The summed E-state index contributed by atoms with van der Waals surface area (Å²) in [7, 11) is 0. The molecule has 0 aliphatic heterocycles. The highest BCUT2D eigenvalue weighted by molar-refractivity contribution is 5.71. The lowest BCUT2D eigenvalue weighted by molar-refractivity contribution is 0.584. The van der Waals surface area contributed by atoms with E-state index in [1.54, 1.807) is 0 Å². The Kier molecular flexibility index (Phi) is 4.37. The first-order chi connectivity index (χ1) is 9.56. The second-order valence-corrected chi connectivity index (χ2v) is 4.78. The number of nitrogens with two attached hydrogens (primary N) is 1. The molecule has 0 saturated carbocycles. The van der Waals surface area contributed by atoms with Crippen LogP contribution in [0, 0.1) is 11.6 Å². The average molecular weight is 279 g/mol. The van der Waals surface area contributed by atoms with Gasteiger partial charge in [-0.15, -0.1) is 0 Å². The van der Waals surface area contributed by atoms with Crippen molar-refractivity contribution in [3.8, 4) is 11.3 Å². The molecule has 108 valence electrons. The highest BCUT2D eigenvalue weighted by Gasteiger charge is 2.16. The Morgan fingerprint density at radius 1 is 1.15 bits per heavy atom. The molecule has 1 heterocycles. The molecular formula is C15H19F2N3. The Bertz CT molecular complexity index is 585. The van der Waals surface area contributed by atoms with E-state index in [1.165, 1.54) is 12.1 Å². The zero-order valence-corrected chi connectivity index (χ0v) is 11.8. The summed E-state index contributed by atoms with van der Waals surface area (Å²) in [6.07, 6.45) is 2.76. The van der Waals surface area contributed by atoms with Crippen molar-refractivity contribution in [2.24, 2.45) is 0 Å². The first kappa shape index (κ1) is 14.5. The van der Waals surface area contributed by atoms with Gasteiger partial charge in [-0.05, 0) is 18.6 Å². The summed E-state index contributed by atoms with van der Waals surface area (Å²) >= 11 is 0. The first-order valence-electron chi connectivity index (χ1n) is 6.88.